The Morgan fingerprint density at radius 1 is 1.00 bits per heavy atom. The van der Waals surface area contributed by atoms with Crippen molar-refractivity contribution in [2.75, 3.05) is 7.11 Å². The standard InChI is InChI=1S/C24H24O7/c1-30-17-13-16-9-5-10-18(25)23(28)19(26)11-6-12-21(15-7-3-2-4-8-15)31-24(29)22(16)20(27)14-17/h2-9,11,13-14,18,21,23,25,27-28H,10,12H2,1H3/b9-5+,11-6+/t18-,21?,23-/m0/s1. The maximum Gasteiger partial charge on any atom is 0.343 e. The van der Waals surface area contributed by atoms with Crippen LogP contribution in [0.1, 0.15) is 40.4 Å². The number of hydrogen-bond donors (Lipinski definition) is 3. The highest BCUT2D eigenvalue weighted by Crippen LogP contribution is 2.32. The van der Waals surface area contributed by atoms with Crippen molar-refractivity contribution in [1.29, 1.82) is 0 Å². The monoisotopic (exact) mass is 424 g/mol. The van der Waals surface area contributed by atoms with Gasteiger partial charge in [0.15, 0.2) is 5.78 Å². The van der Waals surface area contributed by atoms with Crippen LogP contribution in [0.25, 0.3) is 6.08 Å². The quantitative estimate of drug-likeness (QED) is 0.635. The molecular weight excluding hydrogens is 400 g/mol. The third-order valence-electron chi connectivity index (χ3n) is 4.95. The molecule has 3 rings (SSSR count). The van der Waals surface area contributed by atoms with Gasteiger partial charge < -0.3 is 24.8 Å². The van der Waals surface area contributed by atoms with E-state index in [1.165, 1.54) is 37.5 Å². The van der Waals surface area contributed by atoms with Crippen molar-refractivity contribution < 1.29 is 34.4 Å². The lowest BCUT2D eigenvalue weighted by Crippen LogP contribution is -2.32. The van der Waals surface area contributed by atoms with Crippen molar-refractivity contribution in [3.05, 3.63) is 77.4 Å². The van der Waals surface area contributed by atoms with E-state index in [-0.39, 0.29) is 24.2 Å². The molecule has 1 aliphatic heterocycles. The number of carbonyl (C=O) groups excluding carboxylic acids is 2. The number of esters is 1. The van der Waals surface area contributed by atoms with E-state index >= 15 is 0 Å². The summed E-state index contributed by atoms with van der Waals surface area (Å²) in [5.74, 6) is -1.37. The van der Waals surface area contributed by atoms with Crippen LogP contribution in [0.5, 0.6) is 11.5 Å². The van der Waals surface area contributed by atoms with Gasteiger partial charge in [-0.2, -0.15) is 0 Å². The minimum atomic E-state index is -1.58. The van der Waals surface area contributed by atoms with Crippen molar-refractivity contribution in [1.82, 2.24) is 0 Å². The molecule has 3 atom stereocenters. The highest BCUT2D eigenvalue weighted by atomic mass is 16.5. The van der Waals surface area contributed by atoms with Gasteiger partial charge >= 0.3 is 5.97 Å². The van der Waals surface area contributed by atoms with E-state index in [1.54, 1.807) is 30.3 Å². The Labute approximate surface area is 179 Å². The molecule has 0 radical (unpaired) electrons. The van der Waals surface area contributed by atoms with Gasteiger partial charge in [-0.3, -0.25) is 4.79 Å². The van der Waals surface area contributed by atoms with Crippen LogP contribution in [0.3, 0.4) is 0 Å². The van der Waals surface area contributed by atoms with Gasteiger partial charge in [0, 0.05) is 12.5 Å². The third-order valence-corrected chi connectivity index (χ3v) is 4.95. The van der Waals surface area contributed by atoms with E-state index in [1.807, 2.05) is 6.07 Å². The highest BCUT2D eigenvalue weighted by molar-refractivity contribution is 5.97. The fraction of sp³-hybridized carbons (Fsp3) is 0.250. The first-order chi connectivity index (χ1) is 14.9. The Morgan fingerprint density at radius 3 is 2.42 bits per heavy atom. The fourth-order valence-corrected chi connectivity index (χ4v) is 3.26. The van der Waals surface area contributed by atoms with E-state index in [9.17, 15) is 24.9 Å². The first-order valence-electron chi connectivity index (χ1n) is 9.80. The van der Waals surface area contributed by atoms with Crippen molar-refractivity contribution in [3.63, 3.8) is 0 Å². The number of ether oxygens (including phenoxy) is 2. The average Bonchev–Trinajstić information content (AvgIpc) is 2.77. The van der Waals surface area contributed by atoms with E-state index in [0.717, 1.165) is 0 Å². The van der Waals surface area contributed by atoms with Gasteiger partial charge in [0.2, 0.25) is 0 Å². The van der Waals surface area contributed by atoms with Crippen LogP contribution < -0.4 is 4.74 Å². The fourth-order valence-electron chi connectivity index (χ4n) is 3.26. The second kappa shape index (κ2) is 10.1. The molecule has 162 valence electrons. The summed E-state index contributed by atoms with van der Waals surface area (Å²) in [5, 5.41) is 30.7. The van der Waals surface area contributed by atoms with Crippen LogP contribution in [-0.2, 0) is 9.53 Å². The van der Waals surface area contributed by atoms with Gasteiger partial charge in [0.25, 0.3) is 0 Å². The lowest BCUT2D eigenvalue weighted by molar-refractivity contribution is -0.127. The number of rotatable bonds is 2. The maximum absolute atomic E-state index is 13.0. The van der Waals surface area contributed by atoms with Crippen molar-refractivity contribution in [2.24, 2.45) is 0 Å². The highest BCUT2D eigenvalue weighted by Gasteiger charge is 2.25. The van der Waals surface area contributed by atoms with Crippen LogP contribution in [0, 0.1) is 0 Å². The topological polar surface area (TPSA) is 113 Å². The van der Waals surface area contributed by atoms with Gasteiger partial charge in [-0.15, -0.1) is 0 Å². The number of cyclic esters (lactones) is 1. The van der Waals surface area contributed by atoms with Crippen LogP contribution in [0.15, 0.2) is 60.7 Å². The smallest absolute Gasteiger partial charge is 0.343 e. The van der Waals surface area contributed by atoms with Crippen molar-refractivity contribution in [3.8, 4) is 11.5 Å². The Morgan fingerprint density at radius 2 is 1.71 bits per heavy atom. The molecule has 0 amide bonds. The summed E-state index contributed by atoms with van der Waals surface area (Å²) in [5.41, 5.74) is 0.963. The summed E-state index contributed by atoms with van der Waals surface area (Å²) < 4.78 is 10.9. The number of phenols is 1. The molecule has 0 spiro atoms. The number of aliphatic hydroxyl groups excluding tert-OH is 2. The molecule has 1 unspecified atom stereocenters. The van der Waals surface area contributed by atoms with Gasteiger partial charge in [0.1, 0.15) is 29.3 Å². The zero-order valence-corrected chi connectivity index (χ0v) is 17.0. The molecule has 7 nitrogen and oxygen atoms in total. The minimum absolute atomic E-state index is 0.0418. The van der Waals surface area contributed by atoms with Gasteiger partial charge in [0.05, 0.1) is 13.2 Å². The summed E-state index contributed by atoms with van der Waals surface area (Å²) in [6.07, 6.45) is 2.13. The lowest BCUT2D eigenvalue weighted by atomic mass is 10.0. The Hall–Kier alpha value is -3.42. The van der Waals surface area contributed by atoms with Crippen molar-refractivity contribution in [2.45, 2.75) is 31.2 Å². The number of phenolic OH excluding ortho intramolecular Hbond substituents is 1. The van der Waals surface area contributed by atoms with Crippen molar-refractivity contribution >= 4 is 17.8 Å². The first-order valence-corrected chi connectivity index (χ1v) is 9.80. The van der Waals surface area contributed by atoms with E-state index in [2.05, 4.69) is 0 Å². The first kappa shape index (κ1) is 22.3. The summed E-state index contributed by atoms with van der Waals surface area (Å²) >= 11 is 0. The number of methoxy groups -OCH3 is 1. The zero-order valence-electron chi connectivity index (χ0n) is 17.0. The van der Waals surface area contributed by atoms with E-state index in [4.69, 9.17) is 9.47 Å². The predicted molar refractivity (Wildman–Crippen MR) is 114 cm³/mol. The molecule has 0 fully saturated rings. The number of aliphatic hydroxyl groups is 2. The molecule has 0 aliphatic carbocycles. The van der Waals surface area contributed by atoms with Crippen LogP contribution in [-0.4, -0.2) is 46.4 Å². The summed E-state index contributed by atoms with van der Waals surface area (Å²) in [7, 11) is 1.43. The number of aromatic hydroxyl groups is 1. The summed E-state index contributed by atoms with van der Waals surface area (Å²) in [6.45, 7) is 0. The second-order valence-corrected chi connectivity index (χ2v) is 7.11. The molecule has 1 aliphatic rings. The molecule has 2 aromatic carbocycles. The number of carbonyl (C=O) groups is 2. The largest absolute Gasteiger partial charge is 0.507 e. The molecule has 0 saturated heterocycles. The molecule has 0 aromatic heterocycles. The number of fused-ring (bicyclic) bond motifs is 1. The van der Waals surface area contributed by atoms with Gasteiger partial charge in [-0.05, 0) is 29.7 Å². The van der Waals surface area contributed by atoms with Crippen LogP contribution in [0.4, 0.5) is 0 Å². The Bertz CT molecular complexity index is 994. The summed E-state index contributed by atoms with van der Waals surface area (Å²) in [6, 6.07) is 11.8. The van der Waals surface area contributed by atoms with Crippen LogP contribution in [0.2, 0.25) is 0 Å². The van der Waals surface area contributed by atoms with Crippen LogP contribution >= 0.6 is 0 Å². The normalized spacial score (nSPS) is 24.4. The molecular formula is C24H24O7. The van der Waals surface area contributed by atoms with E-state index in [0.29, 0.717) is 16.9 Å². The van der Waals surface area contributed by atoms with Gasteiger partial charge in [-0.25, -0.2) is 4.79 Å². The minimum Gasteiger partial charge on any atom is -0.507 e. The lowest BCUT2D eigenvalue weighted by Gasteiger charge is -2.19. The molecule has 31 heavy (non-hydrogen) atoms. The zero-order chi connectivity index (χ0) is 22.4. The predicted octanol–water partition coefficient (Wildman–Crippen LogP) is 2.95. The SMILES string of the molecule is COc1cc(O)c2c(c1)/C=C/C[C@H](O)[C@H](O)C(=O)/C=C/CC(c1ccccc1)OC2=O. The molecule has 1 heterocycles. The molecule has 3 N–H and O–H groups in total. The average molecular weight is 424 g/mol. The third kappa shape index (κ3) is 5.39. The molecule has 0 bridgehead atoms. The Balaban J connectivity index is 2.07. The van der Waals surface area contributed by atoms with E-state index < -0.39 is 30.1 Å². The second-order valence-electron chi connectivity index (χ2n) is 7.11. The molecule has 2 aromatic rings. The Kier molecular flexibility index (Phi) is 7.23. The number of hydrogen-bond acceptors (Lipinski definition) is 7. The van der Waals surface area contributed by atoms with Gasteiger partial charge in [-0.1, -0.05) is 48.6 Å². The molecule has 7 heteroatoms. The summed E-state index contributed by atoms with van der Waals surface area (Å²) in [4.78, 5) is 25.2. The molecule has 0 saturated carbocycles. The number of ketones is 1. The maximum atomic E-state index is 13.0. The number of benzene rings is 2.